The fourth-order valence-corrected chi connectivity index (χ4v) is 1.78. The van der Waals surface area contributed by atoms with Crippen LogP contribution in [-0.2, 0) is 4.79 Å². The molecule has 0 aliphatic carbocycles. The monoisotopic (exact) mass is 232 g/mol. The normalized spacial score (nSPS) is 11.7. The van der Waals surface area contributed by atoms with Gasteiger partial charge in [0.2, 0.25) is 0 Å². The Morgan fingerprint density at radius 2 is 2.00 bits per heavy atom. The van der Waals surface area contributed by atoms with Gasteiger partial charge in [-0.1, -0.05) is 18.2 Å². The van der Waals surface area contributed by atoms with E-state index in [0.717, 1.165) is 16.6 Å². The van der Waals surface area contributed by atoms with Gasteiger partial charge in [-0.25, -0.2) is 4.79 Å². The third-order valence-corrected chi connectivity index (χ3v) is 3.29. The van der Waals surface area contributed by atoms with Crippen molar-refractivity contribution in [3.8, 4) is 0 Å². The quantitative estimate of drug-likeness (QED) is 0.854. The molecule has 17 heavy (non-hydrogen) atoms. The van der Waals surface area contributed by atoms with Crippen molar-refractivity contribution in [2.75, 3.05) is 11.9 Å². The zero-order valence-electron chi connectivity index (χ0n) is 10.2. The second kappa shape index (κ2) is 3.80. The molecule has 1 aromatic heterocycles. The van der Waals surface area contributed by atoms with Gasteiger partial charge in [0.25, 0.3) is 0 Å². The molecular formula is C13H16N2O2. The number of carboxylic acids is 1. The van der Waals surface area contributed by atoms with Crippen LogP contribution >= 0.6 is 0 Å². The van der Waals surface area contributed by atoms with Crippen molar-refractivity contribution >= 4 is 22.6 Å². The van der Waals surface area contributed by atoms with Crippen molar-refractivity contribution in [1.82, 2.24) is 4.98 Å². The summed E-state index contributed by atoms with van der Waals surface area (Å²) in [5, 5.41) is 10.3. The lowest BCUT2D eigenvalue weighted by atomic mass is 10.0. The molecule has 0 saturated carbocycles. The second-order valence-corrected chi connectivity index (χ2v) is 4.64. The average molecular weight is 232 g/mol. The van der Waals surface area contributed by atoms with Crippen molar-refractivity contribution in [2.24, 2.45) is 0 Å². The minimum absolute atomic E-state index is 0.842. The summed E-state index contributed by atoms with van der Waals surface area (Å²) in [6.07, 6.45) is 1.84. The SMILES string of the molecule is CN(c1c[nH]c2ccccc12)C(C)(C)C(=O)O. The number of carboxylic acid groups (broad SMARTS) is 1. The molecule has 2 rings (SSSR count). The molecule has 0 unspecified atom stereocenters. The van der Waals surface area contributed by atoms with E-state index in [-0.39, 0.29) is 0 Å². The van der Waals surface area contributed by atoms with Crippen LogP contribution in [0.1, 0.15) is 13.8 Å². The first-order valence-corrected chi connectivity index (χ1v) is 5.48. The second-order valence-electron chi connectivity index (χ2n) is 4.64. The van der Waals surface area contributed by atoms with Gasteiger partial charge in [-0.05, 0) is 19.9 Å². The fourth-order valence-electron chi connectivity index (χ4n) is 1.78. The first kappa shape index (κ1) is 11.5. The molecule has 1 heterocycles. The number of aliphatic carboxylic acids is 1. The highest BCUT2D eigenvalue weighted by atomic mass is 16.4. The van der Waals surface area contributed by atoms with Crippen molar-refractivity contribution < 1.29 is 9.90 Å². The van der Waals surface area contributed by atoms with Crippen molar-refractivity contribution in [3.05, 3.63) is 30.5 Å². The Bertz CT molecular complexity index is 557. The van der Waals surface area contributed by atoms with E-state index in [1.165, 1.54) is 0 Å². The first-order chi connectivity index (χ1) is 7.94. The van der Waals surface area contributed by atoms with Gasteiger partial charge in [0.05, 0.1) is 5.69 Å². The highest BCUT2D eigenvalue weighted by Gasteiger charge is 2.33. The summed E-state index contributed by atoms with van der Waals surface area (Å²) in [7, 11) is 1.80. The van der Waals surface area contributed by atoms with Gasteiger partial charge < -0.3 is 15.0 Å². The lowest BCUT2D eigenvalue weighted by molar-refractivity contribution is -0.142. The van der Waals surface area contributed by atoms with Crippen LogP contribution < -0.4 is 4.90 Å². The smallest absolute Gasteiger partial charge is 0.328 e. The van der Waals surface area contributed by atoms with Crippen LogP contribution in [0.15, 0.2) is 30.5 Å². The number of anilines is 1. The third-order valence-electron chi connectivity index (χ3n) is 3.29. The van der Waals surface area contributed by atoms with Crippen LogP contribution in [0.5, 0.6) is 0 Å². The number of likely N-dealkylation sites (N-methyl/N-ethyl adjacent to an activating group) is 1. The van der Waals surface area contributed by atoms with Gasteiger partial charge in [0.1, 0.15) is 5.54 Å². The fraction of sp³-hybridized carbons (Fsp3) is 0.308. The molecule has 1 aromatic carbocycles. The molecule has 0 saturated heterocycles. The molecule has 2 N–H and O–H groups in total. The standard InChI is InChI=1S/C13H16N2O2/c1-13(2,12(16)17)15(3)11-8-14-10-7-5-4-6-9(10)11/h4-8,14H,1-3H3,(H,16,17). The first-order valence-electron chi connectivity index (χ1n) is 5.48. The zero-order valence-corrected chi connectivity index (χ0v) is 10.2. The molecule has 0 aliphatic heterocycles. The van der Waals surface area contributed by atoms with Crippen LogP contribution in [0.3, 0.4) is 0 Å². The van der Waals surface area contributed by atoms with Crippen LogP contribution in [0, 0.1) is 0 Å². The molecule has 4 heteroatoms. The number of nitrogens with zero attached hydrogens (tertiary/aromatic N) is 1. The third kappa shape index (κ3) is 1.75. The number of benzene rings is 1. The van der Waals surface area contributed by atoms with Crippen LogP contribution in [0.25, 0.3) is 10.9 Å². The van der Waals surface area contributed by atoms with Crippen LogP contribution in [-0.4, -0.2) is 28.6 Å². The molecular weight excluding hydrogens is 216 g/mol. The average Bonchev–Trinajstić information content (AvgIpc) is 2.71. The topological polar surface area (TPSA) is 56.3 Å². The van der Waals surface area contributed by atoms with Gasteiger partial charge in [0.15, 0.2) is 0 Å². The van der Waals surface area contributed by atoms with E-state index in [2.05, 4.69) is 4.98 Å². The van der Waals surface area contributed by atoms with E-state index < -0.39 is 11.5 Å². The number of hydrogen-bond acceptors (Lipinski definition) is 2. The predicted molar refractivity (Wildman–Crippen MR) is 68.4 cm³/mol. The maximum atomic E-state index is 11.2. The number of rotatable bonds is 3. The van der Waals surface area contributed by atoms with Crippen molar-refractivity contribution in [1.29, 1.82) is 0 Å². The summed E-state index contributed by atoms with van der Waals surface area (Å²) in [6.45, 7) is 3.38. The van der Waals surface area contributed by atoms with E-state index >= 15 is 0 Å². The number of H-pyrrole nitrogens is 1. The molecule has 0 amide bonds. The summed E-state index contributed by atoms with van der Waals surface area (Å²) in [4.78, 5) is 16.2. The molecule has 0 fully saturated rings. The van der Waals surface area contributed by atoms with E-state index in [0.29, 0.717) is 0 Å². The Labute approximate surface area is 99.9 Å². The zero-order chi connectivity index (χ0) is 12.6. The number of para-hydroxylation sites is 1. The van der Waals surface area contributed by atoms with E-state index in [1.807, 2.05) is 30.5 Å². The summed E-state index contributed by atoms with van der Waals surface area (Å²) >= 11 is 0. The number of aromatic amines is 1. The number of nitrogens with one attached hydrogen (secondary N) is 1. The highest BCUT2D eigenvalue weighted by molar-refractivity contribution is 5.95. The number of carbonyl (C=O) groups is 1. The summed E-state index contributed by atoms with van der Waals surface area (Å²) in [5.41, 5.74) is 0.967. The maximum Gasteiger partial charge on any atom is 0.328 e. The van der Waals surface area contributed by atoms with E-state index in [4.69, 9.17) is 0 Å². The molecule has 0 aliphatic rings. The van der Waals surface area contributed by atoms with Gasteiger partial charge >= 0.3 is 5.97 Å². The van der Waals surface area contributed by atoms with Crippen LogP contribution in [0.2, 0.25) is 0 Å². The predicted octanol–water partition coefficient (Wildman–Crippen LogP) is 2.47. The maximum absolute atomic E-state index is 11.2. The number of fused-ring (bicyclic) bond motifs is 1. The Balaban J connectivity index is 2.50. The summed E-state index contributed by atoms with van der Waals surface area (Å²) in [5.74, 6) is -0.842. The van der Waals surface area contributed by atoms with E-state index in [9.17, 15) is 9.90 Å². The minimum Gasteiger partial charge on any atom is -0.480 e. The number of hydrogen-bond donors (Lipinski definition) is 2. The Morgan fingerprint density at radius 1 is 1.35 bits per heavy atom. The molecule has 0 spiro atoms. The Morgan fingerprint density at radius 3 is 2.65 bits per heavy atom. The Kier molecular flexibility index (Phi) is 2.58. The van der Waals surface area contributed by atoms with E-state index in [1.54, 1.807) is 25.8 Å². The Hall–Kier alpha value is -1.97. The highest BCUT2D eigenvalue weighted by Crippen LogP contribution is 2.30. The summed E-state index contributed by atoms with van der Waals surface area (Å²) in [6, 6.07) is 7.85. The largest absolute Gasteiger partial charge is 0.480 e. The van der Waals surface area contributed by atoms with Crippen LogP contribution in [0.4, 0.5) is 5.69 Å². The number of aromatic nitrogens is 1. The van der Waals surface area contributed by atoms with Gasteiger partial charge in [-0.3, -0.25) is 0 Å². The minimum atomic E-state index is -0.940. The molecule has 2 aromatic rings. The lowest BCUT2D eigenvalue weighted by Crippen LogP contribution is -2.48. The van der Waals surface area contributed by atoms with Gasteiger partial charge in [-0.15, -0.1) is 0 Å². The molecule has 4 nitrogen and oxygen atoms in total. The molecule has 0 radical (unpaired) electrons. The van der Waals surface area contributed by atoms with Crippen molar-refractivity contribution in [3.63, 3.8) is 0 Å². The van der Waals surface area contributed by atoms with Gasteiger partial charge in [0, 0.05) is 24.1 Å². The molecule has 0 atom stereocenters. The van der Waals surface area contributed by atoms with Crippen molar-refractivity contribution in [2.45, 2.75) is 19.4 Å². The molecule has 90 valence electrons. The molecule has 0 bridgehead atoms. The van der Waals surface area contributed by atoms with Gasteiger partial charge in [-0.2, -0.15) is 0 Å². The summed E-state index contributed by atoms with van der Waals surface area (Å²) < 4.78 is 0. The lowest BCUT2D eigenvalue weighted by Gasteiger charge is -2.33.